The highest BCUT2D eigenvalue weighted by Crippen LogP contribution is 2.27. The summed E-state index contributed by atoms with van der Waals surface area (Å²) in [6.07, 6.45) is 1.77. The number of thiocarbonyl (C=S) groups is 1. The Balaban J connectivity index is 2.27. The second-order valence-corrected chi connectivity index (χ2v) is 7.26. The van der Waals surface area contributed by atoms with Crippen molar-refractivity contribution in [2.45, 2.75) is 31.4 Å². The predicted octanol–water partition coefficient (Wildman–Crippen LogP) is 5.10. The molecule has 2 aromatic carbocycles. The fraction of sp³-hybridized carbons (Fsp3) is 0.200. The highest BCUT2D eigenvalue weighted by Gasteiger charge is 2.07. The van der Waals surface area contributed by atoms with E-state index in [1.807, 2.05) is 6.92 Å². The van der Waals surface area contributed by atoms with Gasteiger partial charge in [-0.05, 0) is 61.2 Å². The number of nitrogens with two attached hydrogens (primary N) is 1. The molecule has 0 heterocycles. The van der Waals surface area contributed by atoms with Gasteiger partial charge in [0.25, 0.3) is 0 Å². The Hall–Kier alpha value is -2.09. The van der Waals surface area contributed by atoms with E-state index in [0.717, 1.165) is 16.9 Å². The van der Waals surface area contributed by atoms with Crippen LogP contribution in [0.3, 0.4) is 0 Å². The monoisotopic (exact) mass is 352 g/mol. The molecule has 0 aromatic heterocycles. The molecule has 0 fully saturated rings. The van der Waals surface area contributed by atoms with Gasteiger partial charge >= 0.3 is 0 Å². The molecule has 2 rings (SSSR count). The van der Waals surface area contributed by atoms with Gasteiger partial charge in [0, 0.05) is 10.6 Å². The fourth-order valence-corrected chi connectivity index (χ4v) is 3.40. The largest absolute Gasteiger partial charge is 0.389 e. The molecule has 2 N–H and O–H groups in total. The van der Waals surface area contributed by atoms with Gasteiger partial charge in [0.15, 0.2) is 0 Å². The Morgan fingerprint density at radius 1 is 1.17 bits per heavy atom. The van der Waals surface area contributed by atoms with E-state index in [4.69, 9.17) is 23.2 Å². The van der Waals surface area contributed by atoms with Crippen molar-refractivity contribution in [2.24, 2.45) is 5.73 Å². The number of aryl methyl sites for hydroxylation is 3. The van der Waals surface area contributed by atoms with Crippen LogP contribution in [0.5, 0.6) is 0 Å². The summed E-state index contributed by atoms with van der Waals surface area (Å²) in [4.78, 5) is 1.38. The maximum atomic E-state index is 9.16. The number of hydrogen-bond donors (Lipinski definition) is 1. The molecule has 2 nitrogen and oxygen atoms in total. The van der Waals surface area contributed by atoms with Gasteiger partial charge in [0.2, 0.25) is 0 Å². The van der Waals surface area contributed by atoms with Crippen molar-refractivity contribution in [3.63, 3.8) is 0 Å². The molecule has 0 aliphatic carbocycles. The third kappa shape index (κ3) is 4.70. The van der Waals surface area contributed by atoms with E-state index in [1.165, 1.54) is 21.6 Å². The minimum absolute atomic E-state index is 0.132. The molecule has 4 heteroatoms. The summed E-state index contributed by atoms with van der Waals surface area (Å²) in [5.41, 5.74) is 11.8. The van der Waals surface area contributed by atoms with Crippen LogP contribution in [0.15, 0.2) is 46.9 Å². The smallest absolute Gasteiger partial charge is 0.114 e. The van der Waals surface area contributed by atoms with Gasteiger partial charge in [-0.15, -0.1) is 11.8 Å². The Morgan fingerprint density at radius 3 is 2.42 bits per heavy atom. The summed E-state index contributed by atoms with van der Waals surface area (Å²) in [6.45, 7) is 6.24. The van der Waals surface area contributed by atoms with Crippen molar-refractivity contribution in [2.75, 3.05) is 0 Å². The van der Waals surface area contributed by atoms with Crippen molar-refractivity contribution in [3.8, 4) is 6.07 Å². The molecular formula is C20H20N2S2. The molecule has 2 aromatic rings. The first kappa shape index (κ1) is 18.3. The predicted molar refractivity (Wildman–Crippen MR) is 107 cm³/mol. The molecule has 0 saturated carbocycles. The van der Waals surface area contributed by atoms with Crippen LogP contribution in [0, 0.1) is 32.1 Å². The molecule has 0 amide bonds. The van der Waals surface area contributed by atoms with Crippen molar-refractivity contribution in [3.05, 3.63) is 69.8 Å². The molecule has 0 atom stereocenters. The maximum absolute atomic E-state index is 9.16. The van der Waals surface area contributed by atoms with Crippen LogP contribution >= 0.6 is 24.0 Å². The number of hydrogen-bond acceptors (Lipinski definition) is 3. The highest BCUT2D eigenvalue weighted by atomic mass is 32.2. The highest BCUT2D eigenvalue weighted by molar-refractivity contribution is 7.98. The van der Waals surface area contributed by atoms with Crippen LogP contribution in [0.25, 0.3) is 6.08 Å². The van der Waals surface area contributed by atoms with Crippen LogP contribution in [-0.2, 0) is 5.75 Å². The van der Waals surface area contributed by atoms with Gasteiger partial charge in [0.05, 0.1) is 5.57 Å². The number of rotatable bonds is 5. The van der Waals surface area contributed by atoms with Gasteiger partial charge in [-0.1, -0.05) is 42.0 Å². The van der Waals surface area contributed by atoms with Crippen molar-refractivity contribution in [1.29, 1.82) is 5.26 Å². The Bertz CT molecular complexity index is 828. The molecule has 0 aliphatic heterocycles. The van der Waals surface area contributed by atoms with E-state index >= 15 is 0 Å². The van der Waals surface area contributed by atoms with E-state index in [9.17, 15) is 0 Å². The second-order valence-electron chi connectivity index (χ2n) is 5.77. The van der Waals surface area contributed by atoms with Gasteiger partial charge in [-0.25, -0.2) is 0 Å². The van der Waals surface area contributed by atoms with Gasteiger partial charge in [-0.3, -0.25) is 0 Å². The average Bonchev–Trinajstić information content (AvgIpc) is 2.54. The van der Waals surface area contributed by atoms with E-state index < -0.39 is 0 Å². The van der Waals surface area contributed by atoms with E-state index in [-0.39, 0.29) is 4.99 Å². The van der Waals surface area contributed by atoms with Gasteiger partial charge in [0.1, 0.15) is 11.1 Å². The lowest BCUT2D eigenvalue weighted by molar-refractivity contribution is 1.26. The summed E-state index contributed by atoms with van der Waals surface area (Å²) >= 11 is 6.73. The van der Waals surface area contributed by atoms with E-state index in [0.29, 0.717) is 5.57 Å². The molecule has 0 spiro atoms. The lowest BCUT2D eigenvalue weighted by Crippen LogP contribution is -2.09. The Labute approximate surface area is 153 Å². The molecule has 122 valence electrons. The molecule has 24 heavy (non-hydrogen) atoms. The zero-order valence-electron chi connectivity index (χ0n) is 14.1. The molecule has 0 aliphatic rings. The Kier molecular flexibility index (Phi) is 6.19. The van der Waals surface area contributed by atoms with Crippen molar-refractivity contribution in [1.82, 2.24) is 0 Å². The summed E-state index contributed by atoms with van der Waals surface area (Å²) in [6, 6.07) is 14.9. The number of nitrogens with zero attached hydrogens (tertiary/aromatic N) is 1. The van der Waals surface area contributed by atoms with Gasteiger partial charge in [-0.2, -0.15) is 5.26 Å². The number of thioether (sulfide) groups is 1. The van der Waals surface area contributed by atoms with E-state index in [2.05, 4.69) is 56.3 Å². The van der Waals surface area contributed by atoms with Crippen LogP contribution in [0.2, 0.25) is 0 Å². The first-order valence-electron chi connectivity index (χ1n) is 7.62. The summed E-state index contributed by atoms with van der Waals surface area (Å²) in [5.74, 6) is 0.880. The first-order chi connectivity index (χ1) is 11.4. The number of nitriles is 1. The second kappa shape index (κ2) is 8.14. The summed E-state index contributed by atoms with van der Waals surface area (Å²) in [7, 11) is 0. The zero-order valence-corrected chi connectivity index (χ0v) is 15.7. The quantitative estimate of drug-likeness (QED) is 0.352. The topological polar surface area (TPSA) is 49.8 Å². The minimum atomic E-state index is 0.132. The summed E-state index contributed by atoms with van der Waals surface area (Å²) in [5, 5.41) is 9.16. The third-order valence-electron chi connectivity index (χ3n) is 3.83. The SMILES string of the molecule is Cc1ccc(SCc2cc(/C=C(/C#N)C(N)=S)c(C)cc2C)cc1. The van der Waals surface area contributed by atoms with Crippen molar-refractivity contribution >= 4 is 35.0 Å². The van der Waals surface area contributed by atoms with Crippen molar-refractivity contribution < 1.29 is 0 Å². The maximum Gasteiger partial charge on any atom is 0.114 e. The molecule has 0 unspecified atom stereocenters. The molecular weight excluding hydrogens is 332 g/mol. The van der Waals surface area contributed by atoms with Crippen LogP contribution < -0.4 is 5.73 Å². The Morgan fingerprint density at radius 2 is 1.83 bits per heavy atom. The van der Waals surface area contributed by atoms with Crippen LogP contribution in [0.1, 0.15) is 27.8 Å². The minimum Gasteiger partial charge on any atom is -0.389 e. The average molecular weight is 353 g/mol. The third-order valence-corrected chi connectivity index (χ3v) is 5.11. The molecule has 0 saturated heterocycles. The number of benzene rings is 2. The standard InChI is InChI=1S/C20H20N2S2/c1-13-4-6-19(7-5-13)24-12-18-10-16(14(2)8-15(18)3)9-17(11-21)20(22)23/h4-10H,12H2,1-3H3,(H2,22,23)/b17-9-. The molecule has 0 bridgehead atoms. The summed E-state index contributed by atoms with van der Waals surface area (Å²) < 4.78 is 0. The molecule has 0 radical (unpaired) electrons. The first-order valence-corrected chi connectivity index (χ1v) is 9.01. The normalized spacial score (nSPS) is 11.2. The lowest BCUT2D eigenvalue weighted by Gasteiger charge is -2.11. The zero-order chi connectivity index (χ0) is 17.7. The van der Waals surface area contributed by atoms with Crippen LogP contribution in [-0.4, -0.2) is 4.99 Å². The fourth-order valence-electron chi connectivity index (χ4n) is 2.34. The van der Waals surface area contributed by atoms with Gasteiger partial charge < -0.3 is 5.73 Å². The van der Waals surface area contributed by atoms with Crippen LogP contribution in [0.4, 0.5) is 0 Å². The van der Waals surface area contributed by atoms with E-state index in [1.54, 1.807) is 17.8 Å². The lowest BCUT2D eigenvalue weighted by atomic mass is 9.99.